The summed E-state index contributed by atoms with van der Waals surface area (Å²) in [5.74, 6) is 2.88. The second-order valence-electron chi connectivity index (χ2n) is 6.56. The summed E-state index contributed by atoms with van der Waals surface area (Å²) in [6.07, 6.45) is 4.71. The summed E-state index contributed by atoms with van der Waals surface area (Å²) in [5, 5.41) is 7.94. The number of benzene rings is 1. The molecule has 0 unspecified atom stereocenters. The van der Waals surface area contributed by atoms with E-state index in [0.717, 1.165) is 31.2 Å². The van der Waals surface area contributed by atoms with Gasteiger partial charge in [-0.05, 0) is 37.1 Å². The van der Waals surface area contributed by atoms with E-state index >= 15 is 0 Å². The highest BCUT2D eigenvalue weighted by atomic mass is 16.5. The summed E-state index contributed by atoms with van der Waals surface area (Å²) in [5.41, 5.74) is 6.75. The van der Waals surface area contributed by atoms with Crippen LogP contribution in [0.2, 0.25) is 0 Å². The van der Waals surface area contributed by atoms with Gasteiger partial charge in [-0.2, -0.15) is 9.97 Å². The lowest BCUT2D eigenvalue weighted by molar-refractivity contribution is 0.285. The highest BCUT2D eigenvalue weighted by molar-refractivity contribution is 5.54. The minimum Gasteiger partial charge on any atom is -0.485 e. The number of aryl methyl sites for hydroxylation is 1. The summed E-state index contributed by atoms with van der Waals surface area (Å²) in [6, 6.07) is 7.43. The molecule has 2 N–H and O–H groups in total. The molecular formula is C18H21N5O3. The third kappa shape index (κ3) is 3.32. The molecule has 1 aliphatic carbocycles. The molecule has 1 aliphatic rings. The second kappa shape index (κ2) is 6.87. The third-order valence-corrected chi connectivity index (χ3v) is 4.65. The van der Waals surface area contributed by atoms with Gasteiger partial charge in [0.05, 0.1) is 5.54 Å². The molecule has 4 rings (SSSR count). The van der Waals surface area contributed by atoms with Gasteiger partial charge in [0.15, 0.2) is 12.4 Å². The van der Waals surface area contributed by atoms with Crippen LogP contribution >= 0.6 is 0 Å². The Hall–Kier alpha value is -2.74. The number of rotatable bonds is 6. The van der Waals surface area contributed by atoms with Crippen LogP contribution in [0.15, 0.2) is 33.3 Å². The highest BCUT2D eigenvalue weighted by Gasteiger charge is 2.36. The van der Waals surface area contributed by atoms with Gasteiger partial charge in [0.1, 0.15) is 5.75 Å². The average molecular weight is 355 g/mol. The Kier molecular flexibility index (Phi) is 4.42. The van der Waals surface area contributed by atoms with Crippen molar-refractivity contribution < 1.29 is 13.8 Å². The summed E-state index contributed by atoms with van der Waals surface area (Å²) in [4.78, 5) is 8.70. The van der Waals surface area contributed by atoms with Crippen LogP contribution in [0, 0.1) is 0 Å². The van der Waals surface area contributed by atoms with E-state index in [1.165, 1.54) is 0 Å². The maximum atomic E-state index is 6.38. The van der Waals surface area contributed by atoms with Crippen LogP contribution in [0.3, 0.4) is 0 Å². The maximum Gasteiger partial charge on any atom is 0.257 e. The van der Waals surface area contributed by atoms with Crippen molar-refractivity contribution in [3.05, 3.63) is 41.8 Å². The molecule has 136 valence electrons. The van der Waals surface area contributed by atoms with E-state index < -0.39 is 5.54 Å². The molecule has 1 saturated carbocycles. The molecule has 0 saturated heterocycles. The molecule has 0 atom stereocenters. The van der Waals surface area contributed by atoms with Gasteiger partial charge < -0.3 is 19.5 Å². The van der Waals surface area contributed by atoms with E-state index in [9.17, 15) is 0 Å². The van der Waals surface area contributed by atoms with Crippen molar-refractivity contribution in [3.63, 3.8) is 0 Å². The predicted molar refractivity (Wildman–Crippen MR) is 92.1 cm³/mol. The van der Waals surface area contributed by atoms with Gasteiger partial charge in [-0.15, -0.1) is 0 Å². The van der Waals surface area contributed by atoms with Crippen molar-refractivity contribution in [3.8, 4) is 17.2 Å². The molecule has 1 aromatic carbocycles. The summed E-state index contributed by atoms with van der Waals surface area (Å²) in [6.45, 7) is 2.21. The monoisotopic (exact) mass is 355 g/mol. The third-order valence-electron chi connectivity index (χ3n) is 4.65. The normalized spacial score (nSPS) is 16.1. The summed E-state index contributed by atoms with van der Waals surface area (Å²) >= 11 is 0. The van der Waals surface area contributed by atoms with Crippen molar-refractivity contribution in [2.75, 3.05) is 0 Å². The first-order valence-electron chi connectivity index (χ1n) is 8.84. The average Bonchev–Trinajstić information content (AvgIpc) is 3.41. The Morgan fingerprint density at radius 2 is 1.85 bits per heavy atom. The van der Waals surface area contributed by atoms with Gasteiger partial charge in [0, 0.05) is 12.0 Å². The first-order chi connectivity index (χ1) is 12.7. The van der Waals surface area contributed by atoms with E-state index in [4.69, 9.17) is 19.5 Å². The second-order valence-corrected chi connectivity index (χ2v) is 6.56. The SMILES string of the molecule is CCc1nc(COc2ccc(-c3nc(C4(N)CCCC4)no3)cc2)no1. The lowest BCUT2D eigenvalue weighted by atomic mass is 9.99. The zero-order valence-corrected chi connectivity index (χ0v) is 14.6. The Morgan fingerprint density at radius 3 is 2.54 bits per heavy atom. The molecule has 0 spiro atoms. The van der Waals surface area contributed by atoms with Crippen LogP contribution in [0.25, 0.3) is 11.5 Å². The highest BCUT2D eigenvalue weighted by Crippen LogP contribution is 2.35. The van der Waals surface area contributed by atoms with E-state index in [1.807, 2.05) is 31.2 Å². The van der Waals surface area contributed by atoms with Gasteiger partial charge in [0.25, 0.3) is 5.89 Å². The van der Waals surface area contributed by atoms with Crippen molar-refractivity contribution in [2.24, 2.45) is 5.73 Å². The van der Waals surface area contributed by atoms with E-state index in [0.29, 0.717) is 35.6 Å². The van der Waals surface area contributed by atoms with Crippen molar-refractivity contribution in [1.29, 1.82) is 0 Å². The molecule has 2 aromatic heterocycles. The molecule has 2 heterocycles. The molecule has 8 heteroatoms. The van der Waals surface area contributed by atoms with Crippen molar-refractivity contribution in [1.82, 2.24) is 20.3 Å². The minimum atomic E-state index is -0.452. The van der Waals surface area contributed by atoms with Crippen LogP contribution in [0.4, 0.5) is 0 Å². The number of hydrogen-bond donors (Lipinski definition) is 1. The smallest absolute Gasteiger partial charge is 0.257 e. The van der Waals surface area contributed by atoms with Crippen LogP contribution in [-0.2, 0) is 18.6 Å². The molecule has 0 aliphatic heterocycles. The topological polar surface area (TPSA) is 113 Å². The lowest BCUT2D eigenvalue weighted by Crippen LogP contribution is -2.34. The molecular weight excluding hydrogens is 334 g/mol. The summed E-state index contributed by atoms with van der Waals surface area (Å²) < 4.78 is 16.1. The van der Waals surface area contributed by atoms with Gasteiger partial charge in [0.2, 0.25) is 11.7 Å². The molecule has 8 nitrogen and oxygen atoms in total. The fraction of sp³-hybridized carbons (Fsp3) is 0.444. The van der Waals surface area contributed by atoms with Gasteiger partial charge >= 0.3 is 0 Å². The number of aromatic nitrogens is 4. The quantitative estimate of drug-likeness (QED) is 0.718. The Morgan fingerprint density at radius 1 is 1.08 bits per heavy atom. The summed E-state index contributed by atoms with van der Waals surface area (Å²) in [7, 11) is 0. The largest absolute Gasteiger partial charge is 0.485 e. The van der Waals surface area contributed by atoms with Gasteiger partial charge in [-0.3, -0.25) is 0 Å². The van der Waals surface area contributed by atoms with Gasteiger partial charge in [-0.1, -0.05) is 30.1 Å². The van der Waals surface area contributed by atoms with Crippen LogP contribution in [0.5, 0.6) is 5.75 Å². The van der Waals surface area contributed by atoms with E-state index in [2.05, 4.69) is 20.3 Å². The Labute approximate surface area is 150 Å². The van der Waals surface area contributed by atoms with Crippen molar-refractivity contribution in [2.45, 2.75) is 51.2 Å². The first-order valence-corrected chi connectivity index (χ1v) is 8.84. The Balaban J connectivity index is 1.42. The van der Waals surface area contributed by atoms with Gasteiger partial charge in [-0.25, -0.2) is 0 Å². The van der Waals surface area contributed by atoms with E-state index in [-0.39, 0.29) is 6.61 Å². The first kappa shape index (κ1) is 16.7. The molecule has 0 bridgehead atoms. The van der Waals surface area contributed by atoms with E-state index in [1.54, 1.807) is 0 Å². The molecule has 0 amide bonds. The fourth-order valence-electron chi connectivity index (χ4n) is 3.11. The van der Waals surface area contributed by atoms with Crippen LogP contribution < -0.4 is 10.5 Å². The molecule has 3 aromatic rings. The fourth-order valence-corrected chi connectivity index (χ4v) is 3.11. The zero-order chi connectivity index (χ0) is 18.0. The molecule has 26 heavy (non-hydrogen) atoms. The number of nitrogens with zero attached hydrogens (tertiary/aromatic N) is 4. The standard InChI is InChI=1S/C18H21N5O3/c1-2-15-20-14(22-25-15)11-24-13-7-5-12(6-8-13)16-21-17(23-26-16)18(19)9-3-4-10-18/h5-8H,2-4,9-11,19H2,1H3. The zero-order valence-electron chi connectivity index (χ0n) is 14.6. The Bertz CT molecular complexity index is 865. The molecule has 1 fully saturated rings. The number of nitrogens with two attached hydrogens (primary N) is 1. The number of ether oxygens (including phenoxy) is 1. The maximum absolute atomic E-state index is 6.38. The minimum absolute atomic E-state index is 0.253. The number of hydrogen-bond acceptors (Lipinski definition) is 8. The molecule has 0 radical (unpaired) electrons. The van der Waals surface area contributed by atoms with Crippen molar-refractivity contribution >= 4 is 0 Å². The lowest BCUT2D eigenvalue weighted by Gasteiger charge is -2.17. The van der Waals surface area contributed by atoms with Crippen LogP contribution in [0.1, 0.15) is 50.1 Å². The predicted octanol–water partition coefficient (Wildman–Crippen LogP) is 2.99. The van der Waals surface area contributed by atoms with Crippen LogP contribution in [-0.4, -0.2) is 20.3 Å².